The summed E-state index contributed by atoms with van der Waals surface area (Å²) in [6, 6.07) is 11.5. The molecule has 0 unspecified atom stereocenters. The molecule has 0 bridgehead atoms. The van der Waals surface area contributed by atoms with E-state index in [1.165, 1.54) is 0 Å². The fraction of sp³-hybridized carbons (Fsp3) is 0.318. The third-order valence-corrected chi connectivity index (χ3v) is 5.29. The second kappa shape index (κ2) is 7.46. The summed E-state index contributed by atoms with van der Waals surface area (Å²) < 4.78 is 1.67. The number of aryl methyl sites for hydroxylation is 2. The molecule has 3 aromatic rings. The third-order valence-electron chi connectivity index (χ3n) is 5.29. The van der Waals surface area contributed by atoms with Crippen molar-refractivity contribution in [2.45, 2.75) is 45.6 Å². The molecule has 1 aromatic carbocycles. The maximum atomic E-state index is 12.9. The Bertz CT molecular complexity index is 1050. The van der Waals surface area contributed by atoms with Crippen molar-refractivity contribution in [1.29, 1.82) is 0 Å². The molecule has 2 aromatic heterocycles. The largest absolute Gasteiger partial charge is 0.348 e. The molecule has 1 aliphatic rings. The Kier molecular flexibility index (Phi) is 4.86. The topological polar surface area (TPSA) is 75.5 Å². The molecule has 6 heteroatoms. The zero-order valence-electron chi connectivity index (χ0n) is 16.2. The van der Waals surface area contributed by atoms with Gasteiger partial charge in [-0.25, -0.2) is 4.98 Å². The van der Waals surface area contributed by atoms with E-state index < -0.39 is 0 Å². The molecule has 0 saturated heterocycles. The van der Waals surface area contributed by atoms with Gasteiger partial charge in [0, 0.05) is 17.9 Å². The molecule has 28 heavy (non-hydrogen) atoms. The molecule has 2 N–H and O–H groups in total. The van der Waals surface area contributed by atoms with Gasteiger partial charge in [-0.15, -0.1) is 0 Å². The minimum Gasteiger partial charge on any atom is -0.348 e. The lowest BCUT2D eigenvalue weighted by atomic mass is 10.1. The number of anilines is 1. The number of aromatic nitrogens is 2. The van der Waals surface area contributed by atoms with E-state index in [0.29, 0.717) is 11.2 Å². The van der Waals surface area contributed by atoms with E-state index >= 15 is 0 Å². The molecule has 144 valence electrons. The highest BCUT2D eigenvalue weighted by atomic mass is 16.2. The number of nitrogens with zero attached hydrogens (tertiary/aromatic N) is 2. The SMILES string of the molecule is Cc1ccc(NC(=O)c2nc(C(=O)NC3CCCC3)c3ccccn23)c(C)c1. The number of amides is 2. The number of hydrogen-bond acceptors (Lipinski definition) is 3. The Morgan fingerprint density at radius 1 is 1.07 bits per heavy atom. The number of rotatable bonds is 4. The second-order valence-corrected chi connectivity index (χ2v) is 7.47. The lowest BCUT2D eigenvalue weighted by Gasteiger charge is -2.10. The van der Waals surface area contributed by atoms with E-state index in [2.05, 4.69) is 15.6 Å². The Balaban J connectivity index is 1.65. The van der Waals surface area contributed by atoms with Crippen molar-refractivity contribution in [2.75, 3.05) is 5.32 Å². The average molecular weight is 376 g/mol. The quantitative estimate of drug-likeness (QED) is 0.726. The predicted molar refractivity (Wildman–Crippen MR) is 109 cm³/mol. The molecule has 1 saturated carbocycles. The Morgan fingerprint density at radius 3 is 2.61 bits per heavy atom. The number of benzene rings is 1. The van der Waals surface area contributed by atoms with Crippen LogP contribution in [0.5, 0.6) is 0 Å². The lowest BCUT2D eigenvalue weighted by molar-refractivity contribution is 0.0935. The molecule has 0 aliphatic heterocycles. The Labute approximate surface area is 164 Å². The van der Waals surface area contributed by atoms with Gasteiger partial charge in [-0.1, -0.05) is 36.6 Å². The normalized spacial score (nSPS) is 14.4. The molecule has 0 atom stereocenters. The van der Waals surface area contributed by atoms with Crippen LogP contribution in [0.3, 0.4) is 0 Å². The maximum absolute atomic E-state index is 12.9. The van der Waals surface area contributed by atoms with Crippen LogP contribution < -0.4 is 10.6 Å². The number of imidazole rings is 1. The number of carbonyl (C=O) groups excluding carboxylic acids is 2. The first-order valence-electron chi connectivity index (χ1n) is 9.69. The monoisotopic (exact) mass is 376 g/mol. The summed E-state index contributed by atoms with van der Waals surface area (Å²) >= 11 is 0. The van der Waals surface area contributed by atoms with Crippen LogP contribution in [0.25, 0.3) is 5.52 Å². The van der Waals surface area contributed by atoms with Crippen molar-refractivity contribution in [3.8, 4) is 0 Å². The van der Waals surface area contributed by atoms with Crippen LogP contribution in [0.2, 0.25) is 0 Å². The number of carbonyl (C=O) groups is 2. The van der Waals surface area contributed by atoms with E-state index in [1.54, 1.807) is 10.6 Å². The first kappa shape index (κ1) is 18.2. The van der Waals surface area contributed by atoms with Crippen molar-refractivity contribution < 1.29 is 9.59 Å². The molecule has 2 amide bonds. The van der Waals surface area contributed by atoms with Crippen LogP contribution in [0, 0.1) is 13.8 Å². The van der Waals surface area contributed by atoms with Crippen molar-refractivity contribution in [1.82, 2.24) is 14.7 Å². The summed E-state index contributed by atoms with van der Waals surface area (Å²) in [5, 5.41) is 5.98. The van der Waals surface area contributed by atoms with E-state index in [-0.39, 0.29) is 23.7 Å². The van der Waals surface area contributed by atoms with Crippen LogP contribution >= 0.6 is 0 Å². The van der Waals surface area contributed by atoms with E-state index in [9.17, 15) is 9.59 Å². The molecule has 0 radical (unpaired) electrons. The Hall–Kier alpha value is -3.15. The van der Waals surface area contributed by atoms with Gasteiger partial charge in [-0.05, 0) is 50.5 Å². The highest BCUT2D eigenvalue weighted by Gasteiger charge is 2.24. The highest BCUT2D eigenvalue weighted by Crippen LogP contribution is 2.21. The maximum Gasteiger partial charge on any atom is 0.292 e. The number of hydrogen-bond donors (Lipinski definition) is 2. The van der Waals surface area contributed by atoms with Crippen LogP contribution in [0.4, 0.5) is 5.69 Å². The zero-order chi connectivity index (χ0) is 19.7. The third kappa shape index (κ3) is 3.50. The van der Waals surface area contributed by atoms with Crippen LogP contribution in [0.15, 0.2) is 42.6 Å². The summed E-state index contributed by atoms with van der Waals surface area (Å²) in [5.74, 6) is -0.360. The van der Waals surface area contributed by atoms with Gasteiger partial charge >= 0.3 is 0 Å². The van der Waals surface area contributed by atoms with E-state index in [0.717, 1.165) is 42.5 Å². The van der Waals surface area contributed by atoms with Crippen molar-refractivity contribution >= 4 is 23.0 Å². The highest BCUT2D eigenvalue weighted by molar-refractivity contribution is 6.06. The van der Waals surface area contributed by atoms with Crippen molar-refractivity contribution in [2.24, 2.45) is 0 Å². The Morgan fingerprint density at radius 2 is 1.86 bits per heavy atom. The second-order valence-electron chi connectivity index (χ2n) is 7.47. The zero-order valence-corrected chi connectivity index (χ0v) is 16.2. The van der Waals surface area contributed by atoms with Gasteiger partial charge < -0.3 is 10.6 Å². The first-order valence-corrected chi connectivity index (χ1v) is 9.69. The van der Waals surface area contributed by atoms with Crippen LogP contribution in [-0.4, -0.2) is 27.2 Å². The van der Waals surface area contributed by atoms with Crippen molar-refractivity contribution in [3.05, 3.63) is 65.2 Å². The van der Waals surface area contributed by atoms with Crippen LogP contribution in [0.1, 0.15) is 57.9 Å². The van der Waals surface area contributed by atoms with Crippen molar-refractivity contribution in [3.63, 3.8) is 0 Å². The molecule has 0 spiro atoms. The average Bonchev–Trinajstić information content (AvgIpc) is 3.31. The van der Waals surface area contributed by atoms with Gasteiger partial charge in [0.15, 0.2) is 5.69 Å². The number of fused-ring (bicyclic) bond motifs is 1. The fourth-order valence-corrected chi connectivity index (χ4v) is 3.82. The van der Waals surface area contributed by atoms with Gasteiger partial charge in [0.2, 0.25) is 5.82 Å². The van der Waals surface area contributed by atoms with Crippen LogP contribution in [-0.2, 0) is 0 Å². The lowest BCUT2D eigenvalue weighted by Crippen LogP contribution is -2.33. The summed E-state index contributed by atoms with van der Waals surface area (Å²) in [7, 11) is 0. The van der Waals surface area contributed by atoms with Gasteiger partial charge in [0.1, 0.15) is 0 Å². The smallest absolute Gasteiger partial charge is 0.292 e. The molecule has 4 rings (SSSR count). The molecule has 1 fully saturated rings. The van der Waals surface area contributed by atoms with Gasteiger partial charge in [0.25, 0.3) is 11.8 Å². The predicted octanol–water partition coefficient (Wildman–Crippen LogP) is 3.88. The van der Waals surface area contributed by atoms with E-state index in [4.69, 9.17) is 0 Å². The van der Waals surface area contributed by atoms with E-state index in [1.807, 2.05) is 50.2 Å². The molecule has 6 nitrogen and oxygen atoms in total. The molecular formula is C22H24N4O2. The summed E-state index contributed by atoms with van der Waals surface area (Å²) in [6.45, 7) is 3.96. The summed E-state index contributed by atoms with van der Waals surface area (Å²) in [5.41, 5.74) is 3.77. The molecular weight excluding hydrogens is 352 g/mol. The molecule has 2 heterocycles. The minimum atomic E-state index is -0.340. The number of nitrogens with one attached hydrogen (secondary N) is 2. The van der Waals surface area contributed by atoms with Gasteiger partial charge in [-0.2, -0.15) is 0 Å². The van der Waals surface area contributed by atoms with Gasteiger partial charge in [-0.3, -0.25) is 14.0 Å². The first-order chi connectivity index (χ1) is 13.5. The summed E-state index contributed by atoms with van der Waals surface area (Å²) in [4.78, 5) is 30.1. The van der Waals surface area contributed by atoms with Gasteiger partial charge in [0.05, 0.1) is 5.52 Å². The number of pyridine rings is 1. The summed E-state index contributed by atoms with van der Waals surface area (Å²) in [6.07, 6.45) is 6.03. The minimum absolute atomic E-state index is 0.195. The standard InChI is InChI=1S/C22H24N4O2/c1-14-10-11-17(15(2)13-14)24-22(28)20-25-19(18-9-5-6-12-26(18)20)21(27)23-16-7-3-4-8-16/h5-6,9-13,16H,3-4,7-8H2,1-2H3,(H,23,27)(H,24,28). The molecule has 1 aliphatic carbocycles. The fourth-order valence-electron chi connectivity index (χ4n) is 3.82.